The summed E-state index contributed by atoms with van der Waals surface area (Å²) in [5, 5.41) is 0.818. The van der Waals surface area contributed by atoms with Gasteiger partial charge in [-0.15, -0.1) is 0 Å². The topological polar surface area (TPSA) is 69.4 Å². The van der Waals surface area contributed by atoms with Crippen molar-refractivity contribution in [2.24, 2.45) is 5.73 Å². The Hall–Kier alpha value is -1.56. The molecule has 0 fully saturated rings. The number of ether oxygens (including phenoxy) is 1. The Bertz CT molecular complexity index is 722. The van der Waals surface area contributed by atoms with Crippen molar-refractivity contribution in [1.29, 1.82) is 0 Å². The zero-order valence-corrected chi connectivity index (χ0v) is 13.8. The molecule has 0 saturated carbocycles. The monoisotopic (exact) mass is 357 g/mol. The lowest BCUT2D eigenvalue weighted by molar-refractivity contribution is -0.115. The highest BCUT2D eigenvalue weighted by molar-refractivity contribution is 7.84. The van der Waals surface area contributed by atoms with E-state index in [1.54, 1.807) is 42.5 Å². The molecule has 0 spiro atoms. The maximum atomic E-state index is 11.8. The van der Waals surface area contributed by atoms with Crippen molar-refractivity contribution in [3.63, 3.8) is 0 Å². The second kappa shape index (κ2) is 7.63. The van der Waals surface area contributed by atoms with Gasteiger partial charge in [0.15, 0.2) is 0 Å². The van der Waals surface area contributed by atoms with Crippen LogP contribution in [0.15, 0.2) is 42.5 Å². The van der Waals surface area contributed by atoms with Crippen LogP contribution in [0.4, 0.5) is 0 Å². The quantitative estimate of drug-likeness (QED) is 0.859. The fourth-order valence-electron chi connectivity index (χ4n) is 1.77. The van der Waals surface area contributed by atoms with Crippen LogP contribution in [0.2, 0.25) is 10.0 Å². The Labute approximate surface area is 140 Å². The molecule has 1 atom stereocenters. The molecule has 1 amide bonds. The molecule has 2 rings (SSSR count). The Morgan fingerprint density at radius 1 is 1.14 bits per heavy atom. The van der Waals surface area contributed by atoms with Gasteiger partial charge >= 0.3 is 0 Å². The summed E-state index contributed by atoms with van der Waals surface area (Å²) >= 11 is 11.8. The highest BCUT2D eigenvalue weighted by Crippen LogP contribution is 2.31. The Balaban J connectivity index is 2.19. The molecule has 4 nitrogen and oxygen atoms in total. The van der Waals surface area contributed by atoms with Gasteiger partial charge in [0.05, 0.1) is 15.8 Å². The van der Waals surface area contributed by atoms with Crippen LogP contribution in [0.5, 0.6) is 11.5 Å². The maximum absolute atomic E-state index is 11.8. The van der Waals surface area contributed by atoms with Crippen molar-refractivity contribution in [3.05, 3.63) is 58.1 Å². The van der Waals surface area contributed by atoms with Crippen molar-refractivity contribution >= 4 is 39.9 Å². The summed E-state index contributed by atoms with van der Waals surface area (Å²) in [6, 6.07) is 12.1. The minimum absolute atomic E-state index is 0.179. The zero-order valence-electron chi connectivity index (χ0n) is 11.4. The molecular formula is C15H13Cl2NO3S. The molecule has 7 heteroatoms. The first-order chi connectivity index (χ1) is 10.5. The molecule has 0 aliphatic rings. The van der Waals surface area contributed by atoms with E-state index >= 15 is 0 Å². The molecule has 0 aromatic heterocycles. The summed E-state index contributed by atoms with van der Waals surface area (Å²) in [5.41, 5.74) is 5.76. The van der Waals surface area contributed by atoms with E-state index in [1.165, 1.54) is 0 Å². The van der Waals surface area contributed by atoms with Crippen LogP contribution in [0.25, 0.3) is 0 Å². The van der Waals surface area contributed by atoms with Crippen LogP contribution in [-0.4, -0.2) is 15.9 Å². The second-order valence-electron chi connectivity index (χ2n) is 4.48. The van der Waals surface area contributed by atoms with Crippen molar-refractivity contribution < 1.29 is 13.7 Å². The van der Waals surface area contributed by atoms with Gasteiger partial charge in [-0.1, -0.05) is 41.4 Å². The first-order valence-electron chi connectivity index (χ1n) is 6.30. The highest BCUT2D eigenvalue weighted by Gasteiger charge is 2.11. The lowest BCUT2D eigenvalue weighted by Crippen LogP contribution is -2.20. The van der Waals surface area contributed by atoms with Crippen LogP contribution in [-0.2, 0) is 21.3 Å². The molecule has 2 N–H and O–H groups in total. The van der Waals surface area contributed by atoms with E-state index in [-0.39, 0.29) is 11.5 Å². The second-order valence-corrected chi connectivity index (χ2v) is 6.75. The Morgan fingerprint density at radius 3 is 2.55 bits per heavy atom. The summed E-state index contributed by atoms with van der Waals surface area (Å²) in [4.78, 5) is 10.8. The largest absolute Gasteiger partial charge is 0.457 e. The number of carbonyl (C=O) groups excluding carboxylic acids is 1. The molecule has 22 heavy (non-hydrogen) atoms. The SMILES string of the molecule is NC(=O)C[S@@](=O)Cc1ccccc1Oc1ccc(Cl)c(Cl)c1. The minimum atomic E-state index is -1.38. The first-order valence-corrected chi connectivity index (χ1v) is 8.54. The molecule has 0 radical (unpaired) electrons. The third-order valence-corrected chi connectivity index (χ3v) is 4.69. The normalized spacial score (nSPS) is 11.9. The van der Waals surface area contributed by atoms with Crippen LogP contribution in [0.1, 0.15) is 5.56 Å². The van der Waals surface area contributed by atoms with Gasteiger partial charge in [-0.2, -0.15) is 0 Å². The van der Waals surface area contributed by atoms with E-state index in [4.69, 9.17) is 33.7 Å². The summed E-state index contributed by atoms with van der Waals surface area (Å²) in [5.74, 6) is 0.462. The van der Waals surface area contributed by atoms with E-state index in [0.717, 1.165) is 0 Å². The van der Waals surface area contributed by atoms with Crippen molar-refractivity contribution in [3.8, 4) is 11.5 Å². The minimum Gasteiger partial charge on any atom is -0.457 e. The summed E-state index contributed by atoms with van der Waals surface area (Å²) in [6.07, 6.45) is 0. The van der Waals surface area contributed by atoms with Crippen molar-refractivity contribution in [2.45, 2.75) is 5.75 Å². The molecule has 0 unspecified atom stereocenters. The summed E-state index contributed by atoms with van der Waals surface area (Å²) < 4.78 is 17.6. The van der Waals surface area contributed by atoms with Crippen LogP contribution in [0, 0.1) is 0 Å². The van der Waals surface area contributed by atoms with Crippen LogP contribution in [0.3, 0.4) is 0 Å². The number of amides is 1. The van der Waals surface area contributed by atoms with Gasteiger partial charge < -0.3 is 10.5 Å². The average Bonchev–Trinajstić information content (AvgIpc) is 2.44. The number of hydrogen-bond donors (Lipinski definition) is 1. The number of benzene rings is 2. The van der Waals surface area contributed by atoms with Gasteiger partial charge in [0.2, 0.25) is 5.91 Å². The Morgan fingerprint density at radius 2 is 1.86 bits per heavy atom. The smallest absolute Gasteiger partial charge is 0.230 e. The van der Waals surface area contributed by atoms with Gasteiger partial charge in [0.25, 0.3) is 0 Å². The van der Waals surface area contributed by atoms with Gasteiger partial charge in [-0.3, -0.25) is 9.00 Å². The lowest BCUT2D eigenvalue weighted by Gasteiger charge is -2.11. The number of hydrogen-bond acceptors (Lipinski definition) is 3. The standard InChI is InChI=1S/C15H13Cl2NO3S/c16-12-6-5-11(7-13(12)17)21-14-4-2-1-3-10(14)8-22(20)9-15(18)19/h1-7H,8-9H2,(H2,18,19)/t22-/m0/s1. The van der Waals surface area contributed by atoms with Crippen molar-refractivity contribution in [1.82, 2.24) is 0 Å². The average molecular weight is 358 g/mol. The number of para-hydroxylation sites is 1. The molecule has 116 valence electrons. The number of rotatable bonds is 6. The van der Waals surface area contributed by atoms with Gasteiger partial charge in [0, 0.05) is 22.4 Å². The number of primary amides is 1. The highest BCUT2D eigenvalue weighted by atomic mass is 35.5. The zero-order chi connectivity index (χ0) is 16.1. The predicted molar refractivity (Wildman–Crippen MR) is 88.9 cm³/mol. The van der Waals surface area contributed by atoms with Gasteiger partial charge in [-0.05, 0) is 18.2 Å². The first kappa shape index (κ1) is 16.8. The van der Waals surface area contributed by atoms with E-state index in [1.807, 2.05) is 0 Å². The number of halogens is 2. The molecular weight excluding hydrogens is 345 g/mol. The molecule has 2 aromatic carbocycles. The van der Waals surface area contributed by atoms with Crippen LogP contribution < -0.4 is 10.5 Å². The fraction of sp³-hybridized carbons (Fsp3) is 0.133. The molecule has 0 bridgehead atoms. The Kier molecular flexibility index (Phi) is 5.83. The van der Waals surface area contributed by atoms with Gasteiger partial charge in [-0.25, -0.2) is 0 Å². The maximum Gasteiger partial charge on any atom is 0.230 e. The molecule has 0 aliphatic heterocycles. The van der Waals surface area contributed by atoms with Gasteiger partial charge in [0.1, 0.15) is 17.3 Å². The summed E-state index contributed by atoms with van der Waals surface area (Å²) in [7, 11) is -1.38. The predicted octanol–water partition coefficient (Wildman–Crippen LogP) is 3.52. The fourth-order valence-corrected chi connectivity index (χ4v) is 3.07. The van der Waals surface area contributed by atoms with Crippen molar-refractivity contribution in [2.75, 3.05) is 5.75 Å². The molecule has 0 aliphatic carbocycles. The number of nitrogens with two attached hydrogens (primary N) is 1. The third-order valence-electron chi connectivity index (χ3n) is 2.71. The van der Waals surface area contributed by atoms with Crippen LogP contribution >= 0.6 is 23.2 Å². The molecule has 2 aromatic rings. The van der Waals surface area contributed by atoms with E-state index < -0.39 is 16.7 Å². The molecule has 0 saturated heterocycles. The van der Waals surface area contributed by atoms with E-state index in [9.17, 15) is 9.00 Å². The number of carbonyl (C=O) groups is 1. The van der Waals surface area contributed by atoms with E-state index in [0.29, 0.717) is 27.1 Å². The lowest BCUT2D eigenvalue weighted by atomic mass is 10.2. The third kappa shape index (κ3) is 4.73. The van der Waals surface area contributed by atoms with E-state index in [2.05, 4.69) is 0 Å². The molecule has 0 heterocycles. The summed E-state index contributed by atoms with van der Waals surface area (Å²) in [6.45, 7) is 0.